The van der Waals surface area contributed by atoms with Gasteiger partial charge in [-0.1, -0.05) is 235 Å². The quantitative estimate of drug-likeness (QED) is 0.123. The van der Waals surface area contributed by atoms with E-state index in [0.717, 1.165) is 48.3 Å². The highest BCUT2D eigenvalue weighted by Gasteiger charge is 2.24. The first-order chi connectivity index (χ1) is 34.7. The molecule has 3 aromatic heterocycles. The molecule has 0 radical (unpaired) electrons. The molecule has 7 heteroatoms. The van der Waals surface area contributed by atoms with Crippen LogP contribution in [0.1, 0.15) is 0 Å². The van der Waals surface area contributed by atoms with E-state index >= 15 is 0 Å². The molecule has 3 heterocycles. The minimum absolute atomic E-state index is 0.0214. The lowest BCUT2D eigenvalue weighted by atomic mass is 9.37. The maximum atomic E-state index is 5.34. The summed E-state index contributed by atoms with van der Waals surface area (Å²) >= 11 is 5.35. The molecule has 15 rings (SSSR count). The Hall–Kier alpha value is -8.07. The van der Waals surface area contributed by atoms with Crippen LogP contribution in [0, 0.1) is 0 Å². The van der Waals surface area contributed by atoms with E-state index in [-0.39, 0.29) is 6.71 Å². The van der Waals surface area contributed by atoms with Gasteiger partial charge in [0.25, 0.3) is 0 Å². The maximum absolute atomic E-state index is 5.34. The summed E-state index contributed by atoms with van der Waals surface area (Å²) in [6.07, 6.45) is 0. The van der Waals surface area contributed by atoms with E-state index in [2.05, 4.69) is 218 Å². The second-order valence-electron chi connectivity index (χ2n) is 18.2. The topological polar surface area (TPSA) is 38.7 Å². The Kier molecular flexibility index (Phi) is 8.97. The van der Waals surface area contributed by atoms with Crippen LogP contribution in [-0.2, 0) is 0 Å². The Bertz CT molecular complexity index is 3900. The Morgan fingerprint density at radius 2 is 0.443 bits per heavy atom. The highest BCUT2D eigenvalue weighted by Crippen LogP contribution is 2.43. The first kappa shape index (κ1) is 39.9. The van der Waals surface area contributed by atoms with Gasteiger partial charge in [-0.05, 0) is 32.3 Å². The van der Waals surface area contributed by atoms with Crippen molar-refractivity contribution in [2.24, 2.45) is 0 Å². The van der Waals surface area contributed by atoms with E-state index in [1.807, 2.05) is 0 Å². The third kappa shape index (κ3) is 6.15. The molecule has 0 aliphatic rings. The minimum Gasteiger partial charge on any atom is -0.235 e. The van der Waals surface area contributed by atoms with Crippen LogP contribution in [0.5, 0.6) is 0 Å². The average Bonchev–Trinajstić information content (AvgIpc) is 4.22. The molecule has 0 aliphatic heterocycles. The Morgan fingerprint density at radius 3 is 0.700 bits per heavy atom. The highest BCUT2D eigenvalue weighted by atomic mass is 32.1. The van der Waals surface area contributed by atoms with Crippen LogP contribution in [0.2, 0.25) is 0 Å². The van der Waals surface area contributed by atoms with Crippen molar-refractivity contribution in [3.05, 3.63) is 218 Å². The highest BCUT2D eigenvalue weighted by molar-refractivity contribution is 7.23. The van der Waals surface area contributed by atoms with Crippen LogP contribution < -0.4 is 16.4 Å². The Morgan fingerprint density at radius 1 is 0.229 bits per heavy atom. The molecule has 0 bridgehead atoms. The molecule has 0 N–H and O–H groups in total. The lowest BCUT2D eigenvalue weighted by Gasteiger charge is -2.17. The van der Waals surface area contributed by atoms with Crippen LogP contribution >= 0.6 is 34.0 Å². The molecule has 12 aromatic carbocycles. The molecule has 0 aliphatic carbocycles. The fourth-order valence-corrected chi connectivity index (χ4v) is 14.4. The second-order valence-corrected chi connectivity index (χ2v) is 21.2. The van der Waals surface area contributed by atoms with Crippen molar-refractivity contribution in [2.75, 3.05) is 0 Å². The first-order valence-corrected chi connectivity index (χ1v) is 26.1. The number of nitrogens with zero attached hydrogens (tertiary/aromatic N) is 3. The smallest absolute Gasteiger partial charge is 0.235 e. The number of hydrogen-bond donors (Lipinski definition) is 0. The number of thiazole rings is 3. The maximum Gasteiger partial charge on any atom is 0.241 e. The second kappa shape index (κ2) is 15.7. The van der Waals surface area contributed by atoms with Crippen LogP contribution in [0.3, 0.4) is 0 Å². The van der Waals surface area contributed by atoms with Gasteiger partial charge in [0.15, 0.2) is 0 Å². The van der Waals surface area contributed by atoms with E-state index < -0.39 is 0 Å². The van der Waals surface area contributed by atoms with Crippen LogP contribution in [0.25, 0.3) is 127 Å². The Labute approximate surface area is 414 Å². The fraction of sp³-hybridized carbons (Fsp3) is 0. The first-order valence-electron chi connectivity index (χ1n) is 23.6. The van der Waals surface area contributed by atoms with Gasteiger partial charge in [-0.15, -0.1) is 34.0 Å². The van der Waals surface area contributed by atoms with Gasteiger partial charge in [0, 0.05) is 49.0 Å². The van der Waals surface area contributed by atoms with Crippen molar-refractivity contribution < 1.29 is 0 Å². The van der Waals surface area contributed by atoms with Crippen molar-refractivity contribution in [3.8, 4) is 31.7 Å². The standard InChI is InChI=1S/C63H36BN3S3/c1-7-19-49-43(13-1)46-16-4-10-22-52(46)58-55(49)65-61(68-58)37-25-31-40(32-26-37)64(41-33-27-38(28-34-41)62-66-56-50-20-8-2-14-44(50)47-17-5-11-23-53(47)59(56)69-62)42-35-29-39(30-36-42)63-67-57-51-21-9-3-15-45(51)48-18-6-12-24-54(48)60(57)70-63/h1-36H. The van der Waals surface area contributed by atoms with Gasteiger partial charge in [-0.2, -0.15) is 0 Å². The summed E-state index contributed by atoms with van der Waals surface area (Å²) in [5.74, 6) is 0. The van der Waals surface area contributed by atoms with Crippen molar-refractivity contribution >= 4 is 152 Å². The molecule has 70 heavy (non-hydrogen) atoms. The summed E-state index contributed by atoms with van der Waals surface area (Å²) in [6, 6.07) is 79.6. The zero-order valence-electron chi connectivity index (χ0n) is 37.4. The molecule has 15 aromatic rings. The molecular weight excluding hydrogens is 906 g/mol. The molecule has 0 spiro atoms. The predicted molar refractivity (Wildman–Crippen MR) is 305 cm³/mol. The summed E-state index contributed by atoms with van der Waals surface area (Å²) in [5.41, 5.74) is 10.2. The van der Waals surface area contributed by atoms with Crippen molar-refractivity contribution in [1.29, 1.82) is 0 Å². The van der Waals surface area contributed by atoms with Crippen LogP contribution in [0.15, 0.2) is 218 Å². The van der Waals surface area contributed by atoms with E-state index in [0.29, 0.717) is 0 Å². The van der Waals surface area contributed by atoms with Gasteiger partial charge in [-0.3, -0.25) is 0 Å². The number of hydrogen-bond acceptors (Lipinski definition) is 6. The summed E-state index contributed by atoms with van der Waals surface area (Å²) in [5, 5.41) is 18.0. The molecule has 3 nitrogen and oxygen atoms in total. The minimum atomic E-state index is -0.0214. The molecule has 0 amide bonds. The van der Waals surface area contributed by atoms with Crippen LogP contribution in [-0.4, -0.2) is 21.7 Å². The van der Waals surface area contributed by atoms with Crippen molar-refractivity contribution in [2.45, 2.75) is 0 Å². The number of benzene rings is 12. The molecule has 0 unspecified atom stereocenters. The van der Waals surface area contributed by atoms with Gasteiger partial charge in [-0.25, -0.2) is 15.0 Å². The van der Waals surface area contributed by atoms with E-state index in [1.54, 1.807) is 34.0 Å². The number of fused-ring (bicyclic) bond motifs is 18. The molecule has 0 atom stereocenters. The van der Waals surface area contributed by atoms with Crippen molar-refractivity contribution in [3.63, 3.8) is 0 Å². The summed E-state index contributed by atoms with van der Waals surface area (Å²) in [4.78, 5) is 16.0. The zero-order valence-corrected chi connectivity index (χ0v) is 39.9. The largest absolute Gasteiger partial charge is 0.241 e. The summed E-state index contributed by atoms with van der Waals surface area (Å²) in [7, 11) is 0. The van der Waals surface area contributed by atoms with E-state index in [1.165, 1.54) is 95.1 Å². The van der Waals surface area contributed by atoms with Gasteiger partial charge >= 0.3 is 0 Å². The molecule has 0 fully saturated rings. The van der Waals surface area contributed by atoms with E-state index in [9.17, 15) is 0 Å². The van der Waals surface area contributed by atoms with Gasteiger partial charge < -0.3 is 0 Å². The predicted octanol–water partition coefficient (Wildman–Crippen LogP) is 16.0. The molecule has 324 valence electrons. The number of rotatable bonds is 6. The SMILES string of the molecule is c1ccc2c(c1)c1ccccc1c1sc(-c3ccc(B(c4ccc(-c5nc6c7ccccc7c7ccccc7c6s5)cc4)c4ccc(-c5nc6c7ccccc7c7ccccc7c6s5)cc4)cc3)nc21. The summed E-state index contributed by atoms with van der Waals surface area (Å²) < 4.78 is 3.70. The normalized spacial score (nSPS) is 12.0. The number of aromatic nitrogens is 3. The third-order valence-corrected chi connectivity index (χ3v) is 17.7. The Balaban J connectivity index is 0.840. The zero-order chi connectivity index (χ0) is 45.9. The van der Waals surface area contributed by atoms with E-state index in [4.69, 9.17) is 15.0 Å². The monoisotopic (exact) mass is 941 g/mol. The third-order valence-electron chi connectivity index (χ3n) is 14.3. The van der Waals surface area contributed by atoms with Gasteiger partial charge in [0.2, 0.25) is 6.71 Å². The molecule has 0 saturated carbocycles. The van der Waals surface area contributed by atoms with Gasteiger partial charge in [0.05, 0.1) is 30.6 Å². The van der Waals surface area contributed by atoms with Gasteiger partial charge in [0.1, 0.15) is 15.0 Å². The molecule has 0 saturated heterocycles. The lowest BCUT2D eigenvalue weighted by Crippen LogP contribution is -2.51. The lowest BCUT2D eigenvalue weighted by molar-refractivity contribution is 1.49. The van der Waals surface area contributed by atoms with Crippen molar-refractivity contribution in [1.82, 2.24) is 15.0 Å². The average molecular weight is 942 g/mol. The molecular formula is C63H36BN3S3. The summed E-state index contributed by atoms with van der Waals surface area (Å²) in [6.45, 7) is -0.0214. The fourth-order valence-electron chi connectivity index (χ4n) is 11.0. The van der Waals surface area contributed by atoms with Crippen LogP contribution in [0.4, 0.5) is 0 Å².